The highest BCUT2D eigenvalue weighted by Crippen LogP contribution is 1.83. The predicted molar refractivity (Wildman–Crippen MR) is 52.2 cm³/mol. The van der Waals surface area contributed by atoms with Crippen molar-refractivity contribution in [2.45, 2.75) is 0 Å². The second-order valence-electron chi connectivity index (χ2n) is 2.36. The molecule has 4 N–H and O–H groups in total. The van der Waals surface area contributed by atoms with Gasteiger partial charge in [0.2, 0.25) is 0 Å². The Bertz CT molecular complexity index is 468. The molecule has 0 aliphatic heterocycles. The number of rotatable bonds is 3. The van der Waals surface area contributed by atoms with Crippen molar-refractivity contribution in [1.29, 1.82) is 0 Å². The van der Waals surface area contributed by atoms with E-state index < -0.39 is 0 Å². The van der Waals surface area contributed by atoms with E-state index in [4.69, 9.17) is 11.5 Å². The van der Waals surface area contributed by atoms with Crippen molar-refractivity contribution in [3.63, 3.8) is 0 Å². The van der Waals surface area contributed by atoms with Crippen molar-refractivity contribution in [2.75, 3.05) is 11.5 Å². The van der Waals surface area contributed by atoms with Crippen LogP contribution in [0.25, 0.3) is 0 Å². The second-order valence-corrected chi connectivity index (χ2v) is 2.36. The lowest BCUT2D eigenvalue weighted by molar-refractivity contribution is 0.610. The van der Waals surface area contributed by atoms with E-state index in [1.165, 1.54) is 12.4 Å². The molecule has 0 aromatic carbocycles. The molecular weight excluding hydrogens is 216 g/mol. The molecule has 82 valence electrons. The van der Waals surface area contributed by atoms with Gasteiger partial charge in [0.15, 0.2) is 0 Å². The average molecular weight is 222 g/mol. The van der Waals surface area contributed by atoms with E-state index in [9.17, 15) is 0 Å². The maximum absolute atomic E-state index is 5.22. The number of nitrogens with two attached hydrogens (primary N) is 2. The molecule has 0 atom stereocenters. The first-order valence-corrected chi connectivity index (χ1v) is 3.92. The zero-order chi connectivity index (χ0) is 11.4. The monoisotopic (exact) mass is 222 g/mol. The summed E-state index contributed by atoms with van der Waals surface area (Å²) in [6.45, 7) is 0. The smallest absolute Gasteiger partial charge is 0.263 e. The summed E-state index contributed by atoms with van der Waals surface area (Å²) in [6, 6.07) is 0. The van der Waals surface area contributed by atoms with Gasteiger partial charge in [0.25, 0.3) is 11.9 Å². The largest absolute Gasteiger partial charge is 0.365 e. The number of anilines is 2. The minimum absolute atomic E-state index is 0.0276. The van der Waals surface area contributed by atoms with E-state index in [1.54, 1.807) is 0 Å². The zero-order valence-corrected chi connectivity index (χ0v) is 7.78. The summed E-state index contributed by atoms with van der Waals surface area (Å²) in [5.74, 6) is 0.0552. The molecule has 0 aliphatic rings. The fraction of sp³-hybridized carbons (Fsp3) is 0. The number of aromatic nitrogens is 8. The summed E-state index contributed by atoms with van der Waals surface area (Å²) in [5.41, 5.74) is 10.4. The highest BCUT2D eigenvalue weighted by atomic mass is 15.7. The van der Waals surface area contributed by atoms with Gasteiger partial charge in [-0.25, -0.2) is 0 Å². The second kappa shape index (κ2) is 4.07. The third-order valence-electron chi connectivity index (χ3n) is 1.24. The Balaban J connectivity index is 1.96. The van der Waals surface area contributed by atoms with Crippen LogP contribution in [0.15, 0.2) is 10.2 Å². The van der Waals surface area contributed by atoms with Gasteiger partial charge in [-0.3, -0.25) is 0 Å². The number of nitrogen functional groups attached to an aromatic ring is 2. The van der Waals surface area contributed by atoms with E-state index in [0.717, 1.165) is 9.81 Å². The molecule has 2 aromatic rings. The van der Waals surface area contributed by atoms with Gasteiger partial charge < -0.3 is 11.5 Å². The molecular formula is C4H6N12. The van der Waals surface area contributed by atoms with Crippen LogP contribution in [0.2, 0.25) is 0 Å². The van der Waals surface area contributed by atoms with Gasteiger partial charge in [-0.15, -0.1) is 10.2 Å². The van der Waals surface area contributed by atoms with Crippen LogP contribution in [-0.2, 0) is 0 Å². The van der Waals surface area contributed by atoms with Crippen LogP contribution in [0, 0.1) is 0 Å². The van der Waals surface area contributed by atoms with E-state index in [1.807, 2.05) is 0 Å². The van der Waals surface area contributed by atoms with E-state index in [2.05, 4.69) is 41.0 Å². The molecule has 0 spiro atoms. The molecule has 0 fully saturated rings. The van der Waals surface area contributed by atoms with Crippen LogP contribution in [-0.4, -0.2) is 53.1 Å². The maximum atomic E-state index is 5.22. The molecule has 2 aromatic heterocycles. The summed E-state index contributed by atoms with van der Waals surface area (Å²) in [6.07, 6.45) is 2.58. The van der Waals surface area contributed by atoms with Crippen molar-refractivity contribution < 1.29 is 0 Å². The molecule has 0 radical (unpaired) electrons. The SMILES string of the molecule is Nc1nnn(/N=C\C=N/n2nnc(N)n2)n1. The number of nitrogens with zero attached hydrogens (tertiary/aromatic N) is 10. The predicted octanol–water partition coefficient (Wildman–Crippen LogP) is -2.81. The lowest BCUT2D eigenvalue weighted by Gasteiger charge is -1.82. The van der Waals surface area contributed by atoms with Crippen molar-refractivity contribution in [2.24, 2.45) is 10.2 Å². The van der Waals surface area contributed by atoms with Gasteiger partial charge in [0, 0.05) is 0 Å². The molecule has 2 rings (SSSR count). The van der Waals surface area contributed by atoms with Crippen molar-refractivity contribution in [1.82, 2.24) is 40.6 Å². The van der Waals surface area contributed by atoms with E-state index in [-0.39, 0.29) is 11.9 Å². The number of tetrazole rings is 2. The molecule has 0 aliphatic carbocycles. The molecule has 0 saturated carbocycles. The summed E-state index contributed by atoms with van der Waals surface area (Å²) < 4.78 is 0. The highest BCUT2D eigenvalue weighted by molar-refractivity contribution is 6.15. The molecule has 0 saturated heterocycles. The van der Waals surface area contributed by atoms with Crippen molar-refractivity contribution in [3.05, 3.63) is 0 Å². The minimum Gasteiger partial charge on any atom is -0.365 e. The van der Waals surface area contributed by atoms with E-state index in [0.29, 0.717) is 0 Å². The Hall–Kier alpha value is -2.92. The standard InChI is InChI=1S/C4H6N12/c5-3-9-13-15(11-3)7-1-2-8-16-12-4(6)10-14-16/h1-2H,(H2,5,11)(H2,6,12)/b7-1-,8-2-. The third-order valence-corrected chi connectivity index (χ3v) is 1.24. The van der Waals surface area contributed by atoms with Gasteiger partial charge in [-0.05, 0) is 20.2 Å². The molecule has 0 amide bonds. The van der Waals surface area contributed by atoms with Crippen LogP contribution in [0.3, 0.4) is 0 Å². The van der Waals surface area contributed by atoms with Crippen LogP contribution in [0.4, 0.5) is 11.9 Å². The van der Waals surface area contributed by atoms with Crippen LogP contribution in [0.1, 0.15) is 0 Å². The first kappa shape index (κ1) is 9.63. The molecule has 12 heteroatoms. The molecule has 16 heavy (non-hydrogen) atoms. The lowest BCUT2D eigenvalue weighted by atomic mass is 10.8. The topological polar surface area (TPSA) is 164 Å². The fourth-order valence-electron chi connectivity index (χ4n) is 0.712. The summed E-state index contributed by atoms with van der Waals surface area (Å²) in [4.78, 5) is 1.87. The Labute approximate surface area is 87.6 Å². The normalized spacial score (nSPS) is 11.8. The molecule has 0 bridgehead atoms. The van der Waals surface area contributed by atoms with Gasteiger partial charge >= 0.3 is 0 Å². The first-order chi connectivity index (χ1) is 7.74. The van der Waals surface area contributed by atoms with Crippen molar-refractivity contribution >= 4 is 24.3 Å². The summed E-state index contributed by atoms with van der Waals surface area (Å²) in [7, 11) is 0. The molecule has 0 unspecified atom stereocenters. The summed E-state index contributed by atoms with van der Waals surface area (Å²) in [5, 5.41) is 28.4. The number of hydrogen-bond acceptors (Lipinski definition) is 10. The van der Waals surface area contributed by atoms with E-state index >= 15 is 0 Å². The van der Waals surface area contributed by atoms with Gasteiger partial charge in [0.05, 0.1) is 12.4 Å². The van der Waals surface area contributed by atoms with Gasteiger partial charge in [-0.2, -0.15) is 0 Å². The summed E-state index contributed by atoms with van der Waals surface area (Å²) >= 11 is 0. The number of hydrogen-bond donors (Lipinski definition) is 2. The quantitative estimate of drug-likeness (QED) is 0.525. The van der Waals surface area contributed by atoms with Gasteiger partial charge in [-0.1, -0.05) is 20.4 Å². The third kappa shape index (κ3) is 2.31. The average Bonchev–Trinajstić information content (AvgIpc) is 2.83. The molecule has 2 heterocycles. The Morgan fingerprint density at radius 1 is 0.875 bits per heavy atom. The first-order valence-electron chi connectivity index (χ1n) is 3.92. The Morgan fingerprint density at radius 2 is 1.31 bits per heavy atom. The molecule has 12 nitrogen and oxygen atoms in total. The van der Waals surface area contributed by atoms with Crippen molar-refractivity contribution in [3.8, 4) is 0 Å². The minimum atomic E-state index is 0.0276. The van der Waals surface area contributed by atoms with Crippen LogP contribution < -0.4 is 11.5 Å². The zero-order valence-electron chi connectivity index (χ0n) is 7.78. The fourth-order valence-corrected chi connectivity index (χ4v) is 0.712. The van der Waals surface area contributed by atoms with Crippen LogP contribution in [0.5, 0.6) is 0 Å². The Kier molecular flexibility index (Phi) is 2.45. The van der Waals surface area contributed by atoms with Gasteiger partial charge in [0.1, 0.15) is 0 Å². The Morgan fingerprint density at radius 3 is 1.62 bits per heavy atom. The maximum Gasteiger partial charge on any atom is 0.263 e. The highest BCUT2D eigenvalue weighted by Gasteiger charge is 1.93. The lowest BCUT2D eigenvalue weighted by Crippen LogP contribution is -1.98. The van der Waals surface area contributed by atoms with Crippen LogP contribution >= 0.6 is 0 Å².